The lowest BCUT2D eigenvalue weighted by Crippen LogP contribution is -2.00. The minimum atomic E-state index is 0.863. The molecule has 0 N–H and O–H groups in total. The van der Waals surface area contributed by atoms with E-state index in [-0.39, 0.29) is 0 Å². The first kappa shape index (κ1) is 19.8. The summed E-state index contributed by atoms with van der Waals surface area (Å²) in [5, 5.41) is 2.13. The van der Waals surface area contributed by atoms with Gasteiger partial charge >= 0.3 is 0 Å². The molecule has 0 amide bonds. The van der Waals surface area contributed by atoms with Crippen LogP contribution in [0.25, 0.3) is 21.9 Å². The summed E-state index contributed by atoms with van der Waals surface area (Å²) in [6.07, 6.45) is 0. The average molecular weight is 326 g/mol. The SMILES string of the molecule is C=C(C)c1cc2c(OC)c(C)cc(OC)c2c(C)c1C(=C)C.CC. The fraction of sp³-hybridized carbons (Fsp3) is 0.364. The fourth-order valence-electron chi connectivity index (χ4n) is 3.18. The summed E-state index contributed by atoms with van der Waals surface area (Å²) in [6, 6.07) is 4.17. The van der Waals surface area contributed by atoms with Crippen LogP contribution in [-0.2, 0) is 0 Å². The Morgan fingerprint density at radius 2 is 1.50 bits per heavy atom. The molecule has 0 heterocycles. The molecule has 2 aromatic carbocycles. The van der Waals surface area contributed by atoms with E-state index < -0.39 is 0 Å². The smallest absolute Gasteiger partial charge is 0.129 e. The lowest BCUT2D eigenvalue weighted by Gasteiger charge is -2.20. The molecule has 0 fully saturated rings. The molecule has 0 aliphatic heterocycles. The van der Waals surface area contributed by atoms with Crippen molar-refractivity contribution < 1.29 is 9.47 Å². The second-order valence-corrected chi connectivity index (χ2v) is 5.84. The van der Waals surface area contributed by atoms with Crippen LogP contribution >= 0.6 is 0 Å². The Kier molecular flexibility index (Phi) is 6.65. The Labute approximate surface area is 146 Å². The standard InChI is InChI=1S/C20H24O2.C2H6/c1-11(2)15-10-16-19(14(6)18(15)12(3)4)17(21-7)9-13(5)20(16)22-8;1-2/h9-10H,1,3H2,2,4-8H3;1-2H3. The molecule has 0 bridgehead atoms. The van der Waals surface area contributed by atoms with Crippen molar-refractivity contribution in [1.29, 1.82) is 0 Å². The molecule has 2 heteroatoms. The largest absolute Gasteiger partial charge is 0.496 e. The Morgan fingerprint density at radius 3 is 1.92 bits per heavy atom. The predicted octanol–water partition coefficient (Wildman–Crippen LogP) is 6.57. The van der Waals surface area contributed by atoms with Crippen LogP contribution in [0.5, 0.6) is 11.5 Å². The van der Waals surface area contributed by atoms with E-state index in [1.54, 1.807) is 14.2 Å². The van der Waals surface area contributed by atoms with Crippen molar-refractivity contribution in [2.24, 2.45) is 0 Å². The number of methoxy groups -OCH3 is 2. The number of aryl methyl sites for hydroxylation is 2. The van der Waals surface area contributed by atoms with Crippen molar-refractivity contribution >= 4 is 21.9 Å². The van der Waals surface area contributed by atoms with Gasteiger partial charge in [-0.1, -0.05) is 38.2 Å². The molecular weight excluding hydrogens is 296 g/mol. The van der Waals surface area contributed by atoms with Crippen molar-refractivity contribution in [3.8, 4) is 11.5 Å². The first-order chi connectivity index (χ1) is 11.3. The van der Waals surface area contributed by atoms with E-state index in [9.17, 15) is 0 Å². The Balaban J connectivity index is 0.00000139. The second kappa shape index (κ2) is 8.05. The van der Waals surface area contributed by atoms with E-state index in [1.165, 1.54) is 0 Å². The van der Waals surface area contributed by atoms with Crippen molar-refractivity contribution in [3.63, 3.8) is 0 Å². The number of benzene rings is 2. The van der Waals surface area contributed by atoms with Crippen LogP contribution in [-0.4, -0.2) is 14.2 Å². The van der Waals surface area contributed by atoms with E-state index in [4.69, 9.17) is 9.47 Å². The topological polar surface area (TPSA) is 18.5 Å². The summed E-state index contributed by atoms with van der Waals surface area (Å²) in [5.74, 6) is 1.75. The number of allylic oxidation sites excluding steroid dienone is 2. The van der Waals surface area contributed by atoms with Crippen molar-refractivity contribution in [1.82, 2.24) is 0 Å². The predicted molar refractivity (Wildman–Crippen MR) is 107 cm³/mol. The highest BCUT2D eigenvalue weighted by atomic mass is 16.5. The molecule has 24 heavy (non-hydrogen) atoms. The van der Waals surface area contributed by atoms with Gasteiger partial charge in [-0.25, -0.2) is 0 Å². The van der Waals surface area contributed by atoms with E-state index >= 15 is 0 Å². The van der Waals surface area contributed by atoms with Gasteiger partial charge in [0.1, 0.15) is 11.5 Å². The monoisotopic (exact) mass is 326 g/mol. The molecule has 130 valence electrons. The van der Waals surface area contributed by atoms with Crippen LogP contribution in [0.1, 0.15) is 49.9 Å². The fourth-order valence-corrected chi connectivity index (χ4v) is 3.18. The maximum Gasteiger partial charge on any atom is 0.129 e. The van der Waals surface area contributed by atoms with Gasteiger partial charge in [0.2, 0.25) is 0 Å². The van der Waals surface area contributed by atoms with Crippen LogP contribution in [0.15, 0.2) is 25.3 Å². The van der Waals surface area contributed by atoms with Crippen LogP contribution < -0.4 is 9.47 Å². The first-order valence-corrected chi connectivity index (χ1v) is 8.34. The molecular formula is C22H30O2. The highest BCUT2D eigenvalue weighted by Crippen LogP contribution is 2.42. The van der Waals surface area contributed by atoms with Gasteiger partial charge in [-0.3, -0.25) is 0 Å². The molecule has 0 aliphatic carbocycles. The summed E-state index contributed by atoms with van der Waals surface area (Å²) in [6.45, 7) is 20.4. The molecule has 0 saturated carbocycles. The summed E-state index contributed by atoms with van der Waals surface area (Å²) >= 11 is 0. The van der Waals surface area contributed by atoms with Crippen LogP contribution in [0.4, 0.5) is 0 Å². The number of fused-ring (bicyclic) bond motifs is 1. The van der Waals surface area contributed by atoms with Gasteiger partial charge in [-0.05, 0) is 62.1 Å². The highest BCUT2D eigenvalue weighted by Gasteiger charge is 2.19. The number of hydrogen-bond donors (Lipinski definition) is 0. The molecule has 2 nitrogen and oxygen atoms in total. The lowest BCUT2D eigenvalue weighted by molar-refractivity contribution is 0.408. The van der Waals surface area contributed by atoms with Gasteiger partial charge < -0.3 is 9.47 Å². The minimum Gasteiger partial charge on any atom is -0.496 e. The maximum absolute atomic E-state index is 5.64. The molecule has 0 aliphatic rings. The van der Waals surface area contributed by atoms with E-state index in [1.807, 2.05) is 40.7 Å². The van der Waals surface area contributed by atoms with Gasteiger partial charge in [-0.2, -0.15) is 0 Å². The van der Waals surface area contributed by atoms with Gasteiger partial charge in [0.15, 0.2) is 0 Å². The number of ether oxygens (including phenoxy) is 2. The highest BCUT2D eigenvalue weighted by molar-refractivity contribution is 6.02. The van der Waals surface area contributed by atoms with E-state index in [0.717, 1.165) is 55.7 Å². The second-order valence-electron chi connectivity index (χ2n) is 5.84. The third kappa shape index (κ3) is 3.33. The summed E-state index contributed by atoms with van der Waals surface area (Å²) < 4.78 is 11.3. The Bertz CT molecular complexity index is 783. The van der Waals surface area contributed by atoms with Crippen LogP contribution in [0, 0.1) is 13.8 Å². The summed E-state index contributed by atoms with van der Waals surface area (Å²) in [7, 11) is 3.41. The number of hydrogen-bond acceptors (Lipinski definition) is 2. The van der Waals surface area contributed by atoms with Crippen LogP contribution in [0.3, 0.4) is 0 Å². The Morgan fingerprint density at radius 1 is 0.917 bits per heavy atom. The first-order valence-electron chi connectivity index (χ1n) is 8.34. The minimum absolute atomic E-state index is 0.863. The molecule has 2 rings (SSSR count). The zero-order chi connectivity index (χ0) is 18.6. The van der Waals surface area contributed by atoms with E-state index in [2.05, 4.69) is 26.1 Å². The van der Waals surface area contributed by atoms with Crippen molar-refractivity contribution in [2.75, 3.05) is 14.2 Å². The zero-order valence-corrected chi connectivity index (χ0v) is 16.4. The third-order valence-corrected chi connectivity index (χ3v) is 4.08. The maximum atomic E-state index is 5.64. The quantitative estimate of drug-likeness (QED) is 0.633. The summed E-state index contributed by atoms with van der Waals surface area (Å²) in [4.78, 5) is 0. The van der Waals surface area contributed by atoms with Gasteiger partial charge in [0.05, 0.1) is 14.2 Å². The normalized spacial score (nSPS) is 10.0. The third-order valence-electron chi connectivity index (χ3n) is 4.08. The van der Waals surface area contributed by atoms with Gasteiger partial charge in [0.25, 0.3) is 0 Å². The average Bonchev–Trinajstić information content (AvgIpc) is 2.54. The van der Waals surface area contributed by atoms with Gasteiger partial charge in [0, 0.05) is 10.8 Å². The molecule has 2 aromatic rings. The molecule has 0 unspecified atom stereocenters. The zero-order valence-electron chi connectivity index (χ0n) is 16.4. The van der Waals surface area contributed by atoms with Crippen LogP contribution in [0.2, 0.25) is 0 Å². The molecule has 0 spiro atoms. The van der Waals surface area contributed by atoms with Crippen molar-refractivity contribution in [3.05, 3.63) is 47.5 Å². The molecule has 0 atom stereocenters. The molecule has 0 aromatic heterocycles. The Hall–Kier alpha value is -2.22. The molecule has 0 radical (unpaired) electrons. The van der Waals surface area contributed by atoms with Crippen molar-refractivity contribution in [2.45, 2.75) is 41.5 Å². The molecule has 0 saturated heterocycles. The van der Waals surface area contributed by atoms with Gasteiger partial charge in [-0.15, -0.1) is 0 Å². The van der Waals surface area contributed by atoms with E-state index in [0.29, 0.717) is 0 Å². The number of rotatable bonds is 4. The summed E-state index contributed by atoms with van der Waals surface area (Å²) in [5.41, 5.74) is 6.51. The lowest BCUT2D eigenvalue weighted by atomic mass is 9.87.